The van der Waals surface area contributed by atoms with E-state index in [2.05, 4.69) is 15.4 Å². The molecule has 4 N–H and O–H groups in total. The third-order valence-electron chi connectivity index (χ3n) is 3.88. The molecule has 0 aliphatic rings. The number of amides is 2. The van der Waals surface area contributed by atoms with Crippen LogP contribution in [0.1, 0.15) is 16.7 Å². The van der Waals surface area contributed by atoms with Gasteiger partial charge in [0.15, 0.2) is 11.5 Å². The second-order valence-electron chi connectivity index (χ2n) is 5.70. The van der Waals surface area contributed by atoms with Gasteiger partial charge in [-0.1, -0.05) is 30.3 Å². The van der Waals surface area contributed by atoms with Crippen molar-refractivity contribution in [1.29, 1.82) is 0 Å². The highest BCUT2D eigenvalue weighted by Gasteiger charge is 2.15. The van der Waals surface area contributed by atoms with Crippen LogP contribution in [-0.4, -0.2) is 25.5 Å². The van der Waals surface area contributed by atoms with Crippen LogP contribution < -0.4 is 25.8 Å². The van der Waals surface area contributed by atoms with Gasteiger partial charge < -0.3 is 25.8 Å². The van der Waals surface area contributed by atoms with Crippen molar-refractivity contribution in [2.45, 2.75) is 26.2 Å². The number of nitrogens with one attached hydrogen (secondary N) is 2. The minimum absolute atomic E-state index is 0.0464. The molecule has 0 aliphatic heterocycles. The lowest BCUT2D eigenvalue weighted by Crippen LogP contribution is -2.39. The van der Waals surface area contributed by atoms with Crippen molar-refractivity contribution in [3.05, 3.63) is 59.2 Å². The van der Waals surface area contributed by atoms with E-state index in [1.54, 1.807) is 6.07 Å². The Hall–Kier alpha value is -3.20. The Morgan fingerprint density at radius 1 is 1.00 bits per heavy atom. The zero-order chi connectivity index (χ0) is 20.5. The van der Waals surface area contributed by atoms with Crippen LogP contribution in [-0.2, 0) is 29.2 Å². The van der Waals surface area contributed by atoms with Gasteiger partial charge >= 0.3 is 18.4 Å². The summed E-state index contributed by atoms with van der Waals surface area (Å²) in [4.78, 5) is 23.9. The normalized spacial score (nSPS) is 10.5. The molecular formula is C19H21F2N3O4. The minimum Gasteiger partial charge on any atom is -0.493 e. The fourth-order valence-electron chi connectivity index (χ4n) is 2.47. The fraction of sp³-hybridized carbons (Fsp3) is 0.263. The summed E-state index contributed by atoms with van der Waals surface area (Å²) >= 11 is 0. The van der Waals surface area contributed by atoms with Crippen molar-refractivity contribution in [2.24, 2.45) is 5.73 Å². The lowest BCUT2D eigenvalue weighted by Gasteiger charge is -2.12. The van der Waals surface area contributed by atoms with Crippen LogP contribution in [0.3, 0.4) is 0 Å². The van der Waals surface area contributed by atoms with Crippen molar-refractivity contribution in [2.75, 3.05) is 7.11 Å². The number of rotatable bonds is 8. The average molecular weight is 393 g/mol. The molecule has 0 bridgehead atoms. The van der Waals surface area contributed by atoms with Crippen molar-refractivity contribution in [3.8, 4) is 11.5 Å². The summed E-state index contributed by atoms with van der Waals surface area (Å²) in [6, 6.07) is 11.6. The average Bonchev–Trinajstić information content (AvgIpc) is 2.70. The Bertz CT molecular complexity index is 831. The number of hydrogen-bond donors (Lipinski definition) is 3. The number of methoxy groups -OCH3 is 1. The quantitative estimate of drug-likeness (QED) is 0.593. The summed E-state index contributed by atoms with van der Waals surface area (Å²) in [7, 11) is 1.32. The molecule has 2 rings (SSSR count). The van der Waals surface area contributed by atoms with Crippen molar-refractivity contribution >= 4 is 11.8 Å². The molecule has 0 fully saturated rings. The molecule has 0 spiro atoms. The van der Waals surface area contributed by atoms with Gasteiger partial charge in [0, 0.05) is 19.6 Å². The van der Waals surface area contributed by atoms with E-state index in [1.165, 1.54) is 19.2 Å². The summed E-state index contributed by atoms with van der Waals surface area (Å²) in [6.07, 6.45) is 0. The molecule has 0 radical (unpaired) electrons. The Kier molecular flexibility index (Phi) is 7.70. The van der Waals surface area contributed by atoms with E-state index in [9.17, 15) is 18.4 Å². The van der Waals surface area contributed by atoms with Crippen molar-refractivity contribution in [1.82, 2.24) is 10.6 Å². The van der Waals surface area contributed by atoms with Crippen LogP contribution in [0, 0.1) is 0 Å². The van der Waals surface area contributed by atoms with Gasteiger partial charge in [-0.05, 0) is 28.8 Å². The summed E-state index contributed by atoms with van der Waals surface area (Å²) in [5.41, 5.74) is 7.78. The molecule has 9 heteroatoms. The summed E-state index contributed by atoms with van der Waals surface area (Å²) < 4.78 is 34.2. The van der Waals surface area contributed by atoms with E-state index >= 15 is 0 Å². The first-order chi connectivity index (χ1) is 13.4. The molecular weight excluding hydrogens is 372 g/mol. The van der Waals surface area contributed by atoms with E-state index in [0.29, 0.717) is 12.1 Å². The molecule has 2 amide bonds. The third-order valence-corrected chi connectivity index (χ3v) is 3.88. The Morgan fingerprint density at radius 3 is 2.25 bits per heavy atom. The van der Waals surface area contributed by atoms with Crippen molar-refractivity contribution < 1.29 is 27.8 Å². The Labute approximate surface area is 160 Å². The number of benzene rings is 2. The number of halogens is 2. The number of ether oxygens (including phenoxy) is 2. The molecule has 2 aromatic rings. The molecule has 0 aliphatic carbocycles. The van der Waals surface area contributed by atoms with E-state index < -0.39 is 18.4 Å². The van der Waals surface area contributed by atoms with Crippen LogP contribution in [0.4, 0.5) is 8.78 Å². The smallest absolute Gasteiger partial charge is 0.387 e. The molecule has 0 unspecified atom stereocenters. The largest absolute Gasteiger partial charge is 0.493 e. The number of carbonyl (C=O) groups is 2. The summed E-state index contributed by atoms with van der Waals surface area (Å²) in [6.45, 7) is -2.58. The standard InChI is InChI=1S/C19H21F2N3O4/c1-27-15-7-6-12(8-16(15)28-19(20)21)10-23-17(25)18(26)24-11-14-5-3-2-4-13(14)9-22/h2-8,19H,9-11,22H2,1H3,(H,23,25)(H,24,26). The van der Waals surface area contributed by atoms with Gasteiger partial charge in [-0.2, -0.15) is 8.78 Å². The first-order valence-corrected chi connectivity index (χ1v) is 8.39. The maximum Gasteiger partial charge on any atom is 0.387 e. The van der Waals surface area contributed by atoms with E-state index in [-0.39, 0.29) is 24.6 Å². The molecule has 0 atom stereocenters. The molecule has 7 nitrogen and oxygen atoms in total. The number of hydrogen-bond acceptors (Lipinski definition) is 5. The monoisotopic (exact) mass is 393 g/mol. The van der Waals surface area contributed by atoms with Crippen molar-refractivity contribution in [3.63, 3.8) is 0 Å². The summed E-state index contributed by atoms with van der Waals surface area (Å²) in [5, 5.41) is 4.94. The Balaban J connectivity index is 1.91. The maximum atomic E-state index is 12.5. The van der Waals surface area contributed by atoms with Gasteiger partial charge in [-0.15, -0.1) is 0 Å². The molecule has 28 heavy (non-hydrogen) atoms. The first kappa shape index (κ1) is 21.1. The van der Waals surface area contributed by atoms with Crippen LogP contribution in [0.25, 0.3) is 0 Å². The molecule has 0 aromatic heterocycles. The highest BCUT2D eigenvalue weighted by molar-refractivity contribution is 6.35. The van der Waals surface area contributed by atoms with Gasteiger partial charge in [0.25, 0.3) is 0 Å². The topological polar surface area (TPSA) is 103 Å². The zero-order valence-electron chi connectivity index (χ0n) is 15.2. The molecule has 150 valence electrons. The predicted molar refractivity (Wildman–Crippen MR) is 97.7 cm³/mol. The van der Waals surface area contributed by atoms with Gasteiger partial charge in [-0.25, -0.2) is 0 Å². The number of alkyl halides is 2. The van der Waals surface area contributed by atoms with E-state index in [0.717, 1.165) is 11.1 Å². The lowest BCUT2D eigenvalue weighted by atomic mass is 10.1. The summed E-state index contributed by atoms with van der Waals surface area (Å²) in [5.74, 6) is -1.69. The third kappa shape index (κ3) is 5.92. The predicted octanol–water partition coefficient (Wildman–Crippen LogP) is 1.69. The second kappa shape index (κ2) is 10.2. The second-order valence-corrected chi connectivity index (χ2v) is 5.70. The van der Waals surface area contributed by atoms with Gasteiger partial charge in [0.05, 0.1) is 7.11 Å². The van der Waals surface area contributed by atoms with Gasteiger partial charge in [-0.3, -0.25) is 9.59 Å². The molecule has 0 saturated heterocycles. The van der Waals surface area contributed by atoms with Crippen LogP contribution in [0.5, 0.6) is 11.5 Å². The lowest BCUT2D eigenvalue weighted by molar-refractivity contribution is -0.139. The highest BCUT2D eigenvalue weighted by Crippen LogP contribution is 2.29. The maximum absolute atomic E-state index is 12.5. The minimum atomic E-state index is -3.01. The number of nitrogens with two attached hydrogens (primary N) is 1. The molecule has 2 aromatic carbocycles. The van der Waals surface area contributed by atoms with Gasteiger partial charge in [0.2, 0.25) is 0 Å². The van der Waals surface area contributed by atoms with E-state index in [4.69, 9.17) is 10.5 Å². The first-order valence-electron chi connectivity index (χ1n) is 8.39. The van der Waals surface area contributed by atoms with Gasteiger partial charge in [0.1, 0.15) is 0 Å². The fourth-order valence-corrected chi connectivity index (χ4v) is 2.47. The zero-order valence-corrected chi connectivity index (χ0v) is 15.2. The van der Waals surface area contributed by atoms with Crippen LogP contribution >= 0.6 is 0 Å². The SMILES string of the molecule is COc1ccc(CNC(=O)C(=O)NCc2ccccc2CN)cc1OC(F)F. The van der Waals surface area contributed by atoms with Crippen LogP contribution in [0.15, 0.2) is 42.5 Å². The number of carbonyl (C=O) groups excluding carboxylic acids is 2. The van der Waals surface area contributed by atoms with E-state index in [1.807, 2.05) is 24.3 Å². The van der Waals surface area contributed by atoms with Crippen LogP contribution in [0.2, 0.25) is 0 Å². The Morgan fingerprint density at radius 2 is 1.64 bits per heavy atom. The molecule has 0 saturated carbocycles. The molecule has 0 heterocycles. The highest BCUT2D eigenvalue weighted by atomic mass is 19.3.